The van der Waals surface area contributed by atoms with Crippen molar-refractivity contribution in [3.8, 4) is 0 Å². The van der Waals surface area contributed by atoms with Crippen LogP contribution in [0.1, 0.15) is 55.3 Å². The van der Waals surface area contributed by atoms with Crippen LogP contribution in [0.3, 0.4) is 0 Å². The van der Waals surface area contributed by atoms with Crippen LogP contribution >= 0.6 is 0 Å². The predicted octanol–water partition coefficient (Wildman–Crippen LogP) is 2.71. The number of hydrogen-bond donors (Lipinski definition) is 1. The van der Waals surface area contributed by atoms with E-state index in [9.17, 15) is 0 Å². The predicted molar refractivity (Wildman–Crippen MR) is 81.7 cm³/mol. The van der Waals surface area contributed by atoms with Gasteiger partial charge in [-0.25, -0.2) is 0 Å². The van der Waals surface area contributed by atoms with Crippen LogP contribution in [0.4, 0.5) is 5.82 Å². The number of fused-ring (bicyclic) bond motifs is 1. The maximum Gasteiger partial charge on any atom is 0.156 e. The molecule has 2 aliphatic rings. The zero-order chi connectivity index (χ0) is 14.1. The summed E-state index contributed by atoms with van der Waals surface area (Å²) in [5.41, 5.74) is 9.42. The van der Waals surface area contributed by atoms with Gasteiger partial charge >= 0.3 is 0 Å². The van der Waals surface area contributed by atoms with E-state index in [4.69, 9.17) is 5.73 Å². The Kier molecular flexibility index (Phi) is 3.92. The number of hydrogen-bond acceptors (Lipinski definition) is 4. The Labute approximate surface area is 121 Å². The lowest BCUT2D eigenvalue weighted by molar-refractivity contribution is 0.242. The van der Waals surface area contributed by atoms with E-state index in [-0.39, 0.29) is 0 Å². The normalized spacial score (nSPS) is 26.4. The first kappa shape index (κ1) is 13.8. The average Bonchev–Trinajstić information content (AvgIpc) is 2.49. The molecule has 0 bridgehead atoms. The van der Waals surface area contributed by atoms with Gasteiger partial charge in [-0.1, -0.05) is 12.8 Å². The van der Waals surface area contributed by atoms with Gasteiger partial charge in [-0.3, -0.25) is 0 Å². The van der Waals surface area contributed by atoms with Crippen molar-refractivity contribution in [3.05, 3.63) is 16.8 Å². The molecule has 4 nitrogen and oxygen atoms in total. The van der Waals surface area contributed by atoms with E-state index >= 15 is 0 Å². The molecule has 0 spiro atoms. The summed E-state index contributed by atoms with van der Waals surface area (Å²) in [5, 5.41) is 8.87. The van der Waals surface area contributed by atoms with Crippen LogP contribution in [0.5, 0.6) is 0 Å². The van der Waals surface area contributed by atoms with Crippen LogP contribution < -0.4 is 10.6 Å². The van der Waals surface area contributed by atoms with E-state index < -0.39 is 0 Å². The van der Waals surface area contributed by atoms with Crippen molar-refractivity contribution in [1.82, 2.24) is 10.2 Å². The van der Waals surface area contributed by atoms with Gasteiger partial charge in [-0.2, -0.15) is 5.10 Å². The van der Waals surface area contributed by atoms with E-state index in [1.54, 1.807) is 0 Å². The second-order valence-corrected chi connectivity index (χ2v) is 6.36. The zero-order valence-corrected chi connectivity index (χ0v) is 12.7. The second kappa shape index (κ2) is 5.68. The maximum atomic E-state index is 6.00. The molecule has 2 N–H and O–H groups in total. The van der Waals surface area contributed by atoms with E-state index in [1.807, 2.05) is 6.92 Å². The van der Waals surface area contributed by atoms with E-state index in [0.29, 0.717) is 12.6 Å². The molecule has 2 fully saturated rings. The molecular weight excluding hydrogens is 248 g/mol. The third-order valence-electron chi connectivity index (χ3n) is 5.28. The smallest absolute Gasteiger partial charge is 0.156 e. The zero-order valence-electron chi connectivity index (χ0n) is 12.7. The molecule has 0 unspecified atom stereocenters. The third-order valence-corrected chi connectivity index (χ3v) is 5.28. The van der Waals surface area contributed by atoms with Gasteiger partial charge in [0.05, 0.1) is 5.69 Å². The Bertz CT molecular complexity index is 484. The molecule has 1 aliphatic carbocycles. The Balaban J connectivity index is 1.97. The molecule has 110 valence electrons. The number of aryl methyl sites for hydroxylation is 1. The quantitative estimate of drug-likeness (QED) is 0.901. The summed E-state index contributed by atoms with van der Waals surface area (Å²) in [6, 6.07) is 0.666. The van der Waals surface area contributed by atoms with Crippen molar-refractivity contribution < 1.29 is 0 Å². The van der Waals surface area contributed by atoms with Gasteiger partial charge in [-0.15, -0.1) is 5.10 Å². The first-order valence-corrected chi connectivity index (χ1v) is 8.02. The topological polar surface area (TPSA) is 55.0 Å². The van der Waals surface area contributed by atoms with Crippen molar-refractivity contribution in [2.75, 3.05) is 11.4 Å². The first-order valence-electron chi connectivity index (χ1n) is 8.02. The van der Waals surface area contributed by atoms with Crippen LogP contribution in [-0.4, -0.2) is 22.8 Å². The van der Waals surface area contributed by atoms with Crippen molar-refractivity contribution in [2.45, 2.75) is 65.0 Å². The summed E-state index contributed by atoms with van der Waals surface area (Å²) in [7, 11) is 0. The van der Waals surface area contributed by atoms with Crippen LogP contribution in [0.2, 0.25) is 0 Å². The molecule has 2 atom stereocenters. The molecule has 0 aromatic carbocycles. The molecule has 4 heteroatoms. The molecule has 0 amide bonds. The van der Waals surface area contributed by atoms with Gasteiger partial charge in [0.2, 0.25) is 0 Å². The van der Waals surface area contributed by atoms with Crippen molar-refractivity contribution in [1.29, 1.82) is 0 Å². The highest BCUT2D eigenvalue weighted by atomic mass is 15.3. The Morgan fingerprint density at radius 2 is 1.85 bits per heavy atom. The van der Waals surface area contributed by atoms with Crippen molar-refractivity contribution >= 4 is 5.82 Å². The molecule has 20 heavy (non-hydrogen) atoms. The second-order valence-electron chi connectivity index (χ2n) is 6.36. The lowest BCUT2D eigenvalue weighted by Crippen LogP contribution is -2.48. The van der Waals surface area contributed by atoms with Crippen molar-refractivity contribution in [2.24, 2.45) is 11.7 Å². The van der Waals surface area contributed by atoms with Gasteiger partial charge in [0.25, 0.3) is 0 Å². The number of rotatable bonds is 2. The number of aromatic nitrogens is 2. The fraction of sp³-hybridized carbons (Fsp3) is 0.750. The number of anilines is 1. The third kappa shape index (κ3) is 2.30. The Morgan fingerprint density at radius 1 is 1.10 bits per heavy atom. The highest BCUT2D eigenvalue weighted by Crippen LogP contribution is 2.38. The Morgan fingerprint density at radius 3 is 2.65 bits per heavy atom. The molecule has 3 rings (SSSR count). The van der Waals surface area contributed by atoms with Crippen LogP contribution in [-0.2, 0) is 6.54 Å². The van der Waals surface area contributed by atoms with E-state index in [0.717, 1.165) is 24.0 Å². The first-order chi connectivity index (χ1) is 9.72. The van der Waals surface area contributed by atoms with Crippen LogP contribution in [0.15, 0.2) is 0 Å². The SMILES string of the molecule is Cc1nnc(N2CCC[C@H]3CCCC[C@H]32)c(CN)c1C. The highest BCUT2D eigenvalue weighted by Gasteiger charge is 2.35. The summed E-state index contributed by atoms with van der Waals surface area (Å²) in [4.78, 5) is 2.52. The summed E-state index contributed by atoms with van der Waals surface area (Å²) in [5.74, 6) is 1.92. The lowest BCUT2D eigenvalue weighted by atomic mass is 9.78. The summed E-state index contributed by atoms with van der Waals surface area (Å²) in [6.07, 6.45) is 8.11. The summed E-state index contributed by atoms with van der Waals surface area (Å²) < 4.78 is 0. The van der Waals surface area contributed by atoms with E-state index in [2.05, 4.69) is 22.0 Å². The molecular formula is C16H26N4. The van der Waals surface area contributed by atoms with Crippen LogP contribution in [0.25, 0.3) is 0 Å². The van der Waals surface area contributed by atoms with E-state index in [1.165, 1.54) is 49.7 Å². The van der Waals surface area contributed by atoms with Crippen LogP contribution in [0, 0.1) is 19.8 Å². The van der Waals surface area contributed by atoms with Gasteiger partial charge < -0.3 is 10.6 Å². The molecule has 0 radical (unpaired) electrons. The molecule has 2 heterocycles. The summed E-state index contributed by atoms with van der Waals surface area (Å²) in [6.45, 7) is 5.82. The van der Waals surface area contributed by atoms with Gasteiger partial charge in [0.15, 0.2) is 5.82 Å². The molecule has 1 aromatic heterocycles. The largest absolute Gasteiger partial charge is 0.352 e. The molecule has 1 saturated carbocycles. The maximum absolute atomic E-state index is 6.00. The summed E-state index contributed by atoms with van der Waals surface area (Å²) >= 11 is 0. The molecule has 1 aromatic rings. The lowest BCUT2D eigenvalue weighted by Gasteiger charge is -2.45. The number of nitrogens with two attached hydrogens (primary N) is 1. The standard InChI is InChI=1S/C16H26N4/c1-11-12(2)18-19-16(14(11)10-17)20-9-5-7-13-6-3-4-8-15(13)20/h13,15H,3-10,17H2,1-2H3/t13-,15-/m1/s1. The fourth-order valence-electron chi connectivity index (χ4n) is 4.01. The Hall–Kier alpha value is -1.16. The monoisotopic (exact) mass is 274 g/mol. The van der Waals surface area contributed by atoms with Gasteiger partial charge in [-0.05, 0) is 51.0 Å². The minimum absolute atomic E-state index is 0.561. The molecule has 1 aliphatic heterocycles. The number of piperidine rings is 1. The molecule has 1 saturated heterocycles. The minimum atomic E-state index is 0.561. The highest BCUT2D eigenvalue weighted by molar-refractivity contribution is 5.52. The van der Waals surface area contributed by atoms with Crippen molar-refractivity contribution in [3.63, 3.8) is 0 Å². The average molecular weight is 274 g/mol. The minimum Gasteiger partial charge on any atom is -0.352 e. The fourth-order valence-corrected chi connectivity index (χ4v) is 4.01. The van der Waals surface area contributed by atoms with Gasteiger partial charge in [0.1, 0.15) is 0 Å². The van der Waals surface area contributed by atoms with Gasteiger partial charge in [0, 0.05) is 24.7 Å². The number of nitrogens with zero attached hydrogens (tertiary/aromatic N) is 3.